The molecule has 0 unspecified atom stereocenters. The molecular formula is C15H16FNO2. The lowest BCUT2D eigenvalue weighted by Gasteiger charge is -2.25. The van der Waals surface area contributed by atoms with Crippen LogP contribution in [0.1, 0.15) is 48.5 Å². The largest absolute Gasteiger partial charge is 0.459 e. The number of carbonyl (C=O) groups is 1. The van der Waals surface area contributed by atoms with Gasteiger partial charge in [-0.05, 0) is 49.8 Å². The number of carbonyl (C=O) groups excluding carboxylic acids is 1. The van der Waals surface area contributed by atoms with Crippen LogP contribution in [0.2, 0.25) is 0 Å². The Bertz CT molecular complexity index is 513. The third kappa shape index (κ3) is 3.31. The summed E-state index contributed by atoms with van der Waals surface area (Å²) in [4.78, 5) is 11.9. The fourth-order valence-corrected chi connectivity index (χ4v) is 2.30. The molecule has 0 aromatic heterocycles. The topological polar surface area (TPSA) is 50.1 Å². The van der Waals surface area contributed by atoms with Crippen LogP contribution < -0.4 is 0 Å². The van der Waals surface area contributed by atoms with Gasteiger partial charge in [-0.15, -0.1) is 0 Å². The van der Waals surface area contributed by atoms with Crippen molar-refractivity contribution in [1.82, 2.24) is 0 Å². The molecule has 0 N–H and O–H groups in total. The van der Waals surface area contributed by atoms with E-state index in [1.165, 1.54) is 12.1 Å². The summed E-state index contributed by atoms with van der Waals surface area (Å²) in [5, 5.41) is 8.63. The SMILES string of the molecule is CC1CCC(OC(=O)c2ccc(C#N)c(F)c2)CC1. The van der Waals surface area contributed by atoms with Crippen LogP contribution in [0.25, 0.3) is 0 Å². The summed E-state index contributed by atoms with van der Waals surface area (Å²) in [6, 6.07) is 5.51. The Morgan fingerprint density at radius 3 is 2.63 bits per heavy atom. The minimum Gasteiger partial charge on any atom is -0.459 e. The lowest BCUT2D eigenvalue weighted by Crippen LogP contribution is -2.23. The Hall–Kier alpha value is -1.89. The summed E-state index contributed by atoms with van der Waals surface area (Å²) < 4.78 is 18.8. The number of hydrogen-bond donors (Lipinski definition) is 0. The van der Waals surface area contributed by atoms with Crippen molar-refractivity contribution in [1.29, 1.82) is 5.26 Å². The zero-order chi connectivity index (χ0) is 13.8. The first kappa shape index (κ1) is 13.5. The zero-order valence-corrected chi connectivity index (χ0v) is 10.9. The molecular weight excluding hydrogens is 245 g/mol. The monoisotopic (exact) mass is 261 g/mol. The number of benzene rings is 1. The van der Waals surface area contributed by atoms with E-state index in [1.54, 1.807) is 6.07 Å². The molecule has 19 heavy (non-hydrogen) atoms. The fourth-order valence-electron chi connectivity index (χ4n) is 2.30. The highest BCUT2D eigenvalue weighted by atomic mass is 19.1. The average molecular weight is 261 g/mol. The standard InChI is InChI=1S/C15H16FNO2/c1-10-2-6-13(7-3-10)19-15(18)11-4-5-12(9-17)14(16)8-11/h4-5,8,10,13H,2-3,6-7H2,1H3. The highest BCUT2D eigenvalue weighted by Gasteiger charge is 2.22. The predicted octanol–water partition coefficient (Wildman–Crippen LogP) is 3.43. The molecule has 1 fully saturated rings. The van der Waals surface area contributed by atoms with E-state index in [1.807, 2.05) is 0 Å². The first-order valence-corrected chi connectivity index (χ1v) is 6.50. The molecule has 0 saturated heterocycles. The first-order valence-electron chi connectivity index (χ1n) is 6.50. The van der Waals surface area contributed by atoms with E-state index in [9.17, 15) is 9.18 Å². The molecule has 1 aromatic carbocycles. The molecule has 0 amide bonds. The molecule has 3 nitrogen and oxygen atoms in total. The molecule has 100 valence electrons. The molecule has 4 heteroatoms. The summed E-state index contributed by atoms with van der Waals surface area (Å²) in [7, 11) is 0. The molecule has 1 saturated carbocycles. The van der Waals surface area contributed by atoms with Crippen LogP contribution in [0.4, 0.5) is 4.39 Å². The van der Waals surface area contributed by atoms with Gasteiger partial charge in [0.1, 0.15) is 18.0 Å². The second-order valence-corrected chi connectivity index (χ2v) is 5.09. The maximum atomic E-state index is 13.4. The van der Waals surface area contributed by atoms with Gasteiger partial charge in [-0.3, -0.25) is 0 Å². The molecule has 2 rings (SSSR count). The van der Waals surface area contributed by atoms with Crippen LogP contribution in [-0.4, -0.2) is 12.1 Å². The summed E-state index contributed by atoms with van der Waals surface area (Å²) in [6.07, 6.45) is 3.78. The number of rotatable bonds is 2. The Balaban J connectivity index is 2.00. The first-order chi connectivity index (χ1) is 9.10. The van der Waals surface area contributed by atoms with Crippen molar-refractivity contribution < 1.29 is 13.9 Å². The third-order valence-corrected chi connectivity index (χ3v) is 3.56. The van der Waals surface area contributed by atoms with Crippen LogP contribution in [0.15, 0.2) is 18.2 Å². The van der Waals surface area contributed by atoms with E-state index in [0.29, 0.717) is 5.92 Å². The van der Waals surface area contributed by atoms with Crippen molar-refractivity contribution in [3.63, 3.8) is 0 Å². The predicted molar refractivity (Wildman–Crippen MR) is 68.0 cm³/mol. The van der Waals surface area contributed by atoms with Crippen LogP contribution in [-0.2, 0) is 4.74 Å². The van der Waals surface area contributed by atoms with Gasteiger partial charge in [-0.2, -0.15) is 5.26 Å². The van der Waals surface area contributed by atoms with Crippen LogP contribution >= 0.6 is 0 Å². The number of nitrogens with zero attached hydrogens (tertiary/aromatic N) is 1. The van der Waals surface area contributed by atoms with Crippen molar-refractivity contribution >= 4 is 5.97 Å². The van der Waals surface area contributed by atoms with Crippen molar-refractivity contribution in [3.05, 3.63) is 35.1 Å². The Morgan fingerprint density at radius 2 is 2.05 bits per heavy atom. The summed E-state index contributed by atoms with van der Waals surface area (Å²) >= 11 is 0. The third-order valence-electron chi connectivity index (χ3n) is 3.56. The number of nitriles is 1. The van der Waals surface area contributed by atoms with Crippen molar-refractivity contribution in [2.45, 2.75) is 38.7 Å². The number of esters is 1. The Labute approximate surface area is 112 Å². The molecule has 1 aliphatic rings. The van der Waals surface area contributed by atoms with Gasteiger partial charge in [0.2, 0.25) is 0 Å². The average Bonchev–Trinajstić information content (AvgIpc) is 2.41. The zero-order valence-electron chi connectivity index (χ0n) is 10.9. The van der Waals surface area contributed by atoms with Crippen LogP contribution in [0.5, 0.6) is 0 Å². The smallest absolute Gasteiger partial charge is 0.338 e. The van der Waals surface area contributed by atoms with Gasteiger partial charge in [0.15, 0.2) is 0 Å². The van der Waals surface area contributed by atoms with E-state index >= 15 is 0 Å². The molecule has 1 aliphatic carbocycles. The number of ether oxygens (including phenoxy) is 1. The lowest BCUT2D eigenvalue weighted by molar-refractivity contribution is 0.0173. The lowest BCUT2D eigenvalue weighted by atomic mass is 9.89. The molecule has 0 atom stereocenters. The molecule has 1 aromatic rings. The Morgan fingerprint density at radius 1 is 1.37 bits per heavy atom. The van der Waals surface area contributed by atoms with E-state index < -0.39 is 11.8 Å². The van der Waals surface area contributed by atoms with Gasteiger partial charge in [0.05, 0.1) is 11.1 Å². The van der Waals surface area contributed by atoms with Crippen LogP contribution in [0.3, 0.4) is 0 Å². The number of hydrogen-bond acceptors (Lipinski definition) is 3. The second-order valence-electron chi connectivity index (χ2n) is 5.09. The molecule has 0 aliphatic heterocycles. The van der Waals surface area contributed by atoms with Gasteiger partial charge < -0.3 is 4.74 Å². The fraction of sp³-hybridized carbons (Fsp3) is 0.467. The van der Waals surface area contributed by atoms with E-state index in [4.69, 9.17) is 10.00 Å². The molecule has 0 radical (unpaired) electrons. The van der Waals surface area contributed by atoms with Crippen molar-refractivity contribution in [2.24, 2.45) is 5.92 Å². The highest BCUT2D eigenvalue weighted by Crippen LogP contribution is 2.26. The van der Waals surface area contributed by atoms with E-state index in [-0.39, 0.29) is 17.2 Å². The van der Waals surface area contributed by atoms with Crippen molar-refractivity contribution in [3.8, 4) is 6.07 Å². The van der Waals surface area contributed by atoms with Crippen molar-refractivity contribution in [2.75, 3.05) is 0 Å². The molecule has 0 bridgehead atoms. The Kier molecular flexibility index (Phi) is 4.16. The summed E-state index contributed by atoms with van der Waals surface area (Å²) in [5.41, 5.74) is 0.0955. The van der Waals surface area contributed by atoms with Gasteiger partial charge in [-0.25, -0.2) is 9.18 Å². The maximum Gasteiger partial charge on any atom is 0.338 e. The normalized spacial score (nSPS) is 22.6. The summed E-state index contributed by atoms with van der Waals surface area (Å²) in [6.45, 7) is 2.19. The van der Waals surface area contributed by atoms with E-state index in [0.717, 1.165) is 31.7 Å². The van der Waals surface area contributed by atoms with E-state index in [2.05, 4.69) is 6.92 Å². The van der Waals surface area contributed by atoms with Gasteiger partial charge in [0, 0.05) is 0 Å². The van der Waals surface area contributed by atoms with Crippen LogP contribution in [0, 0.1) is 23.1 Å². The molecule has 0 heterocycles. The van der Waals surface area contributed by atoms with Gasteiger partial charge >= 0.3 is 5.97 Å². The number of halogens is 1. The maximum absolute atomic E-state index is 13.4. The highest BCUT2D eigenvalue weighted by molar-refractivity contribution is 5.89. The minimum absolute atomic E-state index is 0.0666. The van der Waals surface area contributed by atoms with Gasteiger partial charge in [-0.1, -0.05) is 6.92 Å². The van der Waals surface area contributed by atoms with Gasteiger partial charge in [0.25, 0.3) is 0 Å². The minimum atomic E-state index is -0.686. The second kappa shape index (κ2) is 5.83. The quantitative estimate of drug-likeness (QED) is 0.766. The molecule has 0 spiro atoms. The summed E-state index contributed by atoms with van der Waals surface area (Å²) in [5.74, 6) is -0.514.